The third kappa shape index (κ3) is 4.97. The standard InChI is InChI=1S/C25H28N2O3S/c1-5-27(31(29,30)23-9-7-6-8-10-23)22-15-13-21(14-16-22)25(28)26-20(4)24-17-18(2)11-12-19(24)3/h6-17,20H,5H2,1-4H3,(H,26,28)/t20-/m0/s1. The predicted octanol–water partition coefficient (Wildman–Crippen LogP) is 5.01. The van der Waals surface area contributed by atoms with Crippen LogP contribution in [0.1, 0.15) is 46.9 Å². The first-order valence-electron chi connectivity index (χ1n) is 10.3. The summed E-state index contributed by atoms with van der Waals surface area (Å²) in [5.74, 6) is -0.200. The van der Waals surface area contributed by atoms with Gasteiger partial charge in [-0.1, -0.05) is 42.0 Å². The summed E-state index contributed by atoms with van der Waals surface area (Å²) in [5, 5.41) is 3.03. The summed E-state index contributed by atoms with van der Waals surface area (Å²) in [6.07, 6.45) is 0. The van der Waals surface area contributed by atoms with Gasteiger partial charge in [0.2, 0.25) is 0 Å². The van der Waals surface area contributed by atoms with Crippen LogP contribution in [0.4, 0.5) is 5.69 Å². The molecular weight excluding hydrogens is 408 g/mol. The van der Waals surface area contributed by atoms with Crippen LogP contribution in [0.5, 0.6) is 0 Å². The highest BCUT2D eigenvalue weighted by Gasteiger charge is 2.23. The highest BCUT2D eigenvalue weighted by Crippen LogP contribution is 2.24. The van der Waals surface area contributed by atoms with Gasteiger partial charge in [0.15, 0.2) is 0 Å². The van der Waals surface area contributed by atoms with E-state index in [1.807, 2.05) is 20.8 Å². The molecule has 3 aromatic carbocycles. The van der Waals surface area contributed by atoms with Crippen molar-refractivity contribution in [2.24, 2.45) is 0 Å². The van der Waals surface area contributed by atoms with E-state index in [9.17, 15) is 13.2 Å². The fraction of sp³-hybridized carbons (Fsp3) is 0.240. The maximum absolute atomic E-state index is 13.0. The Morgan fingerprint density at radius 2 is 1.61 bits per heavy atom. The molecule has 0 heterocycles. The molecule has 0 aromatic heterocycles. The van der Waals surface area contributed by atoms with E-state index in [1.165, 1.54) is 4.31 Å². The highest BCUT2D eigenvalue weighted by molar-refractivity contribution is 7.92. The molecule has 6 heteroatoms. The second-order valence-electron chi connectivity index (χ2n) is 7.58. The number of sulfonamides is 1. The van der Waals surface area contributed by atoms with Gasteiger partial charge in [0.1, 0.15) is 0 Å². The second kappa shape index (κ2) is 9.35. The number of hydrogen-bond donors (Lipinski definition) is 1. The third-order valence-electron chi connectivity index (χ3n) is 5.28. The van der Waals surface area contributed by atoms with E-state index in [1.54, 1.807) is 61.5 Å². The summed E-state index contributed by atoms with van der Waals surface area (Å²) >= 11 is 0. The minimum atomic E-state index is -3.67. The van der Waals surface area contributed by atoms with Gasteiger partial charge in [-0.3, -0.25) is 9.10 Å². The van der Waals surface area contributed by atoms with E-state index in [0.29, 0.717) is 11.3 Å². The molecule has 162 valence electrons. The van der Waals surface area contributed by atoms with Gasteiger partial charge in [-0.15, -0.1) is 0 Å². The molecule has 0 spiro atoms. The van der Waals surface area contributed by atoms with Crippen molar-refractivity contribution in [1.82, 2.24) is 5.32 Å². The molecule has 1 N–H and O–H groups in total. The minimum Gasteiger partial charge on any atom is -0.346 e. The Morgan fingerprint density at radius 1 is 0.968 bits per heavy atom. The molecule has 0 aliphatic heterocycles. The molecule has 0 aliphatic carbocycles. The SMILES string of the molecule is CCN(c1ccc(C(=O)N[C@@H](C)c2cc(C)ccc2C)cc1)S(=O)(=O)c1ccccc1. The molecule has 5 nitrogen and oxygen atoms in total. The second-order valence-corrected chi connectivity index (χ2v) is 9.45. The number of nitrogens with zero attached hydrogens (tertiary/aromatic N) is 1. The maximum atomic E-state index is 13.0. The molecule has 0 aliphatic rings. The Kier molecular flexibility index (Phi) is 6.81. The number of aryl methyl sites for hydroxylation is 2. The third-order valence-corrected chi connectivity index (χ3v) is 7.20. The summed E-state index contributed by atoms with van der Waals surface area (Å²) in [7, 11) is -3.67. The van der Waals surface area contributed by atoms with Gasteiger partial charge in [0.25, 0.3) is 15.9 Å². The predicted molar refractivity (Wildman–Crippen MR) is 125 cm³/mol. The zero-order valence-corrected chi connectivity index (χ0v) is 19.1. The molecule has 0 saturated heterocycles. The Balaban J connectivity index is 1.78. The van der Waals surface area contributed by atoms with Crippen LogP contribution in [-0.4, -0.2) is 20.9 Å². The van der Waals surface area contributed by atoms with Crippen LogP contribution in [0.25, 0.3) is 0 Å². The lowest BCUT2D eigenvalue weighted by molar-refractivity contribution is 0.0940. The summed E-state index contributed by atoms with van der Waals surface area (Å²) < 4.78 is 27.3. The molecule has 3 aromatic rings. The lowest BCUT2D eigenvalue weighted by Gasteiger charge is -2.23. The van der Waals surface area contributed by atoms with Crippen molar-refractivity contribution in [1.29, 1.82) is 0 Å². The van der Waals surface area contributed by atoms with Gasteiger partial charge < -0.3 is 5.32 Å². The van der Waals surface area contributed by atoms with Crippen molar-refractivity contribution in [3.8, 4) is 0 Å². The average Bonchev–Trinajstić information content (AvgIpc) is 2.76. The van der Waals surface area contributed by atoms with Crippen LogP contribution < -0.4 is 9.62 Å². The summed E-state index contributed by atoms with van der Waals surface area (Å²) in [4.78, 5) is 13.0. The Labute approximate surface area is 184 Å². The van der Waals surface area contributed by atoms with Gasteiger partial charge in [-0.05, 0) is 75.2 Å². The lowest BCUT2D eigenvalue weighted by Crippen LogP contribution is -2.31. The van der Waals surface area contributed by atoms with Crippen molar-refractivity contribution in [3.05, 3.63) is 95.1 Å². The lowest BCUT2D eigenvalue weighted by atomic mass is 9.99. The number of amides is 1. The van der Waals surface area contributed by atoms with Crippen molar-refractivity contribution >= 4 is 21.6 Å². The van der Waals surface area contributed by atoms with E-state index >= 15 is 0 Å². The Bertz CT molecular complexity index is 1160. The zero-order valence-electron chi connectivity index (χ0n) is 18.3. The smallest absolute Gasteiger partial charge is 0.264 e. The maximum Gasteiger partial charge on any atom is 0.264 e. The zero-order chi connectivity index (χ0) is 22.6. The first-order valence-corrected chi connectivity index (χ1v) is 11.7. The fourth-order valence-corrected chi connectivity index (χ4v) is 5.07. The average molecular weight is 437 g/mol. The topological polar surface area (TPSA) is 66.5 Å². The first kappa shape index (κ1) is 22.6. The summed E-state index contributed by atoms with van der Waals surface area (Å²) in [6, 6.07) is 21.0. The Hall–Kier alpha value is -3.12. The minimum absolute atomic E-state index is 0.141. The molecule has 0 radical (unpaired) electrons. The van der Waals surface area contributed by atoms with Crippen LogP contribution in [0.15, 0.2) is 77.7 Å². The molecule has 0 fully saturated rings. The van der Waals surface area contributed by atoms with E-state index in [0.717, 1.165) is 16.7 Å². The normalized spacial score (nSPS) is 12.3. The van der Waals surface area contributed by atoms with Crippen LogP contribution in [0, 0.1) is 13.8 Å². The largest absolute Gasteiger partial charge is 0.346 e. The van der Waals surface area contributed by atoms with Crippen molar-refractivity contribution in [2.45, 2.75) is 38.6 Å². The number of nitrogens with one attached hydrogen (secondary N) is 1. The fourth-order valence-electron chi connectivity index (χ4n) is 3.57. The summed E-state index contributed by atoms with van der Waals surface area (Å²) in [6.45, 7) is 8.08. The van der Waals surface area contributed by atoms with E-state index in [-0.39, 0.29) is 23.4 Å². The van der Waals surface area contributed by atoms with Gasteiger partial charge in [-0.2, -0.15) is 0 Å². The van der Waals surface area contributed by atoms with Crippen molar-refractivity contribution in [3.63, 3.8) is 0 Å². The molecule has 0 saturated carbocycles. The van der Waals surface area contributed by atoms with Gasteiger partial charge >= 0.3 is 0 Å². The van der Waals surface area contributed by atoms with Crippen LogP contribution in [0.2, 0.25) is 0 Å². The molecule has 0 unspecified atom stereocenters. The van der Waals surface area contributed by atoms with Crippen LogP contribution in [-0.2, 0) is 10.0 Å². The molecule has 31 heavy (non-hydrogen) atoms. The molecule has 1 amide bonds. The highest BCUT2D eigenvalue weighted by atomic mass is 32.2. The monoisotopic (exact) mass is 436 g/mol. The molecule has 3 rings (SSSR count). The molecule has 0 bridgehead atoms. The Morgan fingerprint density at radius 3 is 2.23 bits per heavy atom. The number of hydrogen-bond acceptors (Lipinski definition) is 3. The number of rotatable bonds is 7. The van der Waals surface area contributed by atoms with Gasteiger partial charge in [0.05, 0.1) is 16.6 Å². The number of carbonyl (C=O) groups excluding carboxylic acids is 1. The van der Waals surface area contributed by atoms with Crippen LogP contribution >= 0.6 is 0 Å². The van der Waals surface area contributed by atoms with Crippen molar-refractivity contribution < 1.29 is 13.2 Å². The molecule has 1 atom stereocenters. The number of anilines is 1. The van der Waals surface area contributed by atoms with Crippen molar-refractivity contribution in [2.75, 3.05) is 10.8 Å². The summed E-state index contributed by atoms with van der Waals surface area (Å²) in [5.41, 5.74) is 4.35. The van der Waals surface area contributed by atoms with E-state index in [4.69, 9.17) is 0 Å². The number of carbonyl (C=O) groups is 1. The van der Waals surface area contributed by atoms with Gasteiger partial charge in [0, 0.05) is 12.1 Å². The quantitative estimate of drug-likeness (QED) is 0.566. The van der Waals surface area contributed by atoms with E-state index in [2.05, 4.69) is 23.5 Å². The van der Waals surface area contributed by atoms with Gasteiger partial charge in [-0.25, -0.2) is 8.42 Å². The van der Waals surface area contributed by atoms with E-state index < -0.39 is 10.0 Å². The number of benzene rings is 3. The first-order chi connectivity index (χ1) is 14.7. The van der Waals surface area contributed by atoms with Crippen LogP contribution in [0.3, 0.4) is 0 Å². The molecular formula is C25H28N2O3S.